The third-order valence-corrected chi connectivity index (χ3v) is 13.4. The van der Waals surface area contributed by atoms with Gasteiger partial charge in [0.1, 0.15) is 16.7 Å². The van der Waals surface area contributed by atoms with E-state index in [0.29, 0.717) is 0 Å². The normalized spacial score (nSPS) is 12.8. The average molecular weight is 818 g/mol. The predicted octanol–water partition coefficient (Wildman–Crippen LogP) is 16.7. The topological polar surface area (TPSA) is 29.5 Å². The van der Waals surface area contributed by atoms with Crippen molar-refractivity contribution >= 4 is 60.9 Å². The number of hydrogen-bond donors (Lipinski definition) is 0. The summed E-state index contributed by atoms with van der Waals surface area (Å²) in [5.41, 5.74) is 18.0. The Morgan fingerprint density at radius 2 is 0.781 bits per heavy atom. The lowest BCUT2D eigenvalue weighted by molar-refractivity contribution is 0.669. The zero-order valence-electron chi connectivity index (χ0n) is 34.8. The molecule has 0 amide bonds. The Hall–Kier alpha value is -8.40. The number of fused-ring (bicyclic) bond motifs is 9. The van der Waals surface area contributed by atoms with Crippen molar-refractivity contribution in [1.29, 1.82) is 0 Å². The molecule has 0 bridgehead atoms. The van der Waals surface area contributed by atoms with Gasteiger partial charge in [-0.3, -0.25) is 0 Å². The van der Waals surface area contributed by atoms with E-state index < -0.39 is 5.41 Å². The lowest BCUT2D eigenvalue weighted by atomic mass is 9.68. The van der Waals surface area contributed by atoms with Gasteiger partial charge in [-0.1, -0.05) is 200 Å². The van der Waals surface area contributed by atoms with Gasteiger partial charge in [0.2, 0.25) is 0 Å². The summed E-state index contributed by atoms with van der Waals surface area (Å²) in [5, 5.41) is 4.46. The van der Waals surface area contributed by atoms with Crippen LogP contribution in [-0.2, 0) is 5.41 Å². The van der Waals surface area contributed by atoms with Gasteiger partial charge >= 0.3 is 0 Å². The van der Waals surface area contributed by atoms with E-state index >= 15 is 0 Å². The van der Waals surface area contributed by atoms with Crippen molar-refractivity contribution in [3.63, 3.8) is 0 Å². The molecule has 1 aliphatic carbocycles. The van der Waals surface area contributed by atoms with Gasteiger partial charge in [-0.2, -0.15) is 0 Å². The first kappa shape index (κ1) is 36.3. The van der Waals surface area contributed by atoms with Gasteiger partial charge in [0.15, 0.2) is 5.58 Å². The fourth-order valence-corrected chi connectivity index (χ4v) is 10.6. The van der Waals surface area contributed by atoms with Crippen LogP contribution in [0, 0.1) is 0 Å². The molecule has 0 N–H and O–H groups in total. The predicted molar refractivity (Wildman–Crippen MR) is 264 cm³/mol. The Kier molecular flexibility index (Phi) is 8.13. The van der Waals surface area contributed by atoms with Crippen molar-refractivity contribution < 1.29 is 8.83 Å². The maximum Gasteiger partial charge on any atom is 0.159 e. The van der Waals surface area contributed by atoms with E-state index in [2.05, 4.69) is 223 Å². The summed E-state index contributed by atoms with van der Waals surface area (Å²) in [5.74, 6) is 0. The summed E-state index contributed by atoms with van der Waals surface area (Å²) >= 11 is 0. The minimum Gasteiger partial charge on any atom is -0.455 e. The second kappa shape index (κ2) is 14.3. The van der Waals surface area contributed by atoms with E-state index in [1.807, 2.05) is 18.2 Å². The Labute approximate surface area is 370 Å². The van der Waals surface area contributed by atoms with Crippen molar-refractivity contribution in [1.82, 2.24) is 0 Å². The summed E-state index contributed by atoms with van der Waals surface area (Å²) < 4.78 is 13.2. The lowest BCUT2D eigenvalue weighted by Gasteiger charge is -2.34. The average Bonchev–Trinajstić information content (AvgIpc) is 4.04. The van der Waals surface area contributed by atoms with E-state index in [9.17, 15) is 0 Å². The molecule has 64 heavy (non-hydrogen) atoms. The second-order valence-corrected chi connectivity index (χ2v) is 16.7. The van der Waals surface area contributed by atoms with Gasteiger partial charge < -0.3 is 13.7 Å². The first-order valence-electron chi connectivity index (χ1n) is 21.9. The summed E-state index contributed by atoms with van der Waals surface area (Å²) in [6.07, 6.45) is 0. The molecule has 0 saturated carbocycles. The standard InChI is InChI=1S/C61H39NO2/c1-3-16-43(17-4-1)61(44-18-5-2-6-19-44)52-26-10-7-22-51(52)58-53(61)27-15-28-54(58)62(55-29-14-25-50-48-21-9-12-31-57(48)64-60(50)55)45-38-36-41(37-39-45)40-32-34-42(35-33-40)46-23-13-24-49-47-20-8-11-30-56(47)63-59(46)49/h1-39H. The van der Waals surface area contributed by atoms with Crippen LogP contribution in [0.3, 0.4) is 0 Å². The highest BCUT2D eigenvalue weighted by Crippen LogP contribution is 2.60. The van der Waals surface area contributed by atoms with Gasteiger partial charge in [0.25, 0.3) is 0 Å². The zero-order chi connectivity index (χ0) is 42.2. The van der Waals surface area contributed by atoms with Crippen LogP contribution in [0.1, 0.15) is 22.3 Å². The third kappa shape index (κ3) is 5.34. The molecular formula is C61H39NO2. The summed E-state index contributed by atoms with van der Waals surface area (Å²) in [6, 6.07) is 85.2. The largest absolute Gasteiger partial charge is 0.455 e. The van der Waals surface area contributed by atoms with Crippen molar-refractivity contribution in [2.75, 3.05) is 4.90 Å². The van der Waals surface area contributed by atoms with Crippen molar-refractivity contribution in [2.45, 2.75) is 5.41 Å². The Morgan fingerprint density at radius 1 is 0.312 bits per heavy atom. The highest BCUT2D eigenvalue weighted by atomic mass is 16.3. The quantitative estimate of drug-likeness (QED) is 0.160. The van der Waals surface area contributed by atoms with Gasteiger partial charge in [-0.25, -0.2) is 0 Å². The van der Waals surface area contributed by atoms with E-state index in [1.54, 1.807) is 0 Å². The molecule has 0 spiro atoms. The monoisotopic (exact) mass is 817 g/mol. The molecule has 0 saturated heterocycles. The molecule has 3 nitrogen and oxygen atoms in total. The highest BCUT2D eigenvalue weighted by molar-refractivity contribution is 6.12. The Bertz CT molecular complexity index is 3670. The first-order chi connectivity index (χ1) is 31.8. The SMILES string of the molecule is c1ccc(C2(c3ccccc3)c3ccccc3-c3c(N(c4ccc(-c5ccc(-c6cccc7c6oc6ccccc67)cc5)cc4)c4cccc5c4oc4ccccc45)cccc32)cc1. The molecule has 12 aromatic rings. The van der Waals surface area contributed by atoms with Crippen LogP contribution in [0.15, 0.2) is 245 Å². The fourth-order valence-electron chi connectivity index (χ4n) is 10.6. The number of furan rings is 2. The molecule has 2 heterocycles. The Morgan fingerprint density at radius 3 is 1.47 bits per heavy atom. The number of para-hydroxylation sites is 4. The summed E-state index contributed by atoms with van der Waals surface area (Å²) in [7, 11) is 0. The van der Waals surface area contributed by atoms with Gasteiger partial charge in [-0.15, -0.1) is 0 Å². The van der Waals surface area contributed by atoms with E-state index in [1.165, 1.54) is 33.4 Å². The van der Waals surface area contributed by atoms with Crippen molar-refractivity contribution in [3.05, 3.63) is 259 Å². The van der Waals surface area contributed by atoms with Crippen LogP contribution >= 0.6 is 0 Å². The summed E-state index contributed by atoms with van der Waals surface area (Å²) in [6.45, 7) is 0. The zero-order valence-corrected chi connectivity index (χ0v) is 34.8. The van der Waals surface area contributed by atoms with E-state index in [4.69, 9.17) is 8.83 Å². The van der Waals surface area contributed by atoms with Crippen LogP contribution in [0.25, 0.3) is 77.3 Å². The number of benzene rings is 10. The fraction of sp³-hybridized carbons (Fsp3) is 0.0164. The molecule has 0 atom stereocenters. The van der Waals surface area contributed by atoms with Crippen LogP contribution < -0.4 is 4.90 Å². The van der Waals surface area contributed by atoms with E-state index in [0.717, 1.165) is 83.2 Å². The molecule has 300 valence electrons. The molecular weight excluding hydrogens is 779 g/mol. The maximum absolute atomic E-state index is 6.81. The smallest absolute Gasteiger partial charge is 0.159 e. The number of rotatable bonds is 7. The molecule has 1 aliphatic rings. The second-order valence-electron chi connectivity index (χ2n) is 16.7. The highest BCUT2D eigenvalue weighted by Gasteiger charge is 2.47. The van der Waals surface area contributed by atoms with Gasteiger partial charge in [-0.05, 0) is 80.9 Å². The number of anilines is 3. The molecule has 0 fully saturated rings. The third-order valence-electron chi connectivity index (χ3n) is 13.4. The van der Waals surface area contributed by atoms with Crippen molar-refractivity contribution in [2.24, 2.45) is 0 Å². The van der Waals surface area contributed by atoms with Crippen LogP contribution in [0.5, 0.6) is 0 Å². The minimum absolute atomic E-state index is 0.534. The number of hydrogen-bond acceptors (Lipinski definition) is 3. The van der Waals surface area contributed by atoms with Crippen LogP contribution in [0.4, 0.5) is 17.1 Å². The summed E-state index contributed by atoms with van der Waals surface area (Å²) in [4.78, 5) is 2.41. The van der Waals surface area contributed by atoms with Gasteiger partial charge in [0, 0.05) is 38.4 Å². The van der Waals surface area contributed by atoms with Crippen molar-refractivity contribution in [3.8, 4) is 33.4 Å². The van der Waals surface area contributed by atoms with E-state index in [-0.39, 0.29) is 0 Å². The molecule has 0 radical (unpaired) electrons. The number of nitrogens with zero attached hydrogens (tertiary/aromatic N) is 1. The molecule has 0 unspecified atom stereocenters. The lowest BCUT2D eigenvalue weighted by Crippen LogP contribution is -2.28. The molecule has 3 heteroatoms. The first-order valence-corrected chi connectivity index (χ1v) is 21.9. The van der Waals surface area contributed by atoms with Crippen LogP contribution in [0.2, 0.25) is 0 Å². The maximum atomic E-state index is 6.81. The minimum atomic E-state index is -0.534. The molecule has 13 rings (SSSR count). The Balaban J connectivity index is 0.986. The van der Waals surface area contributed by atoms with Crippen LogP contribution in [-0.4, -0.2) is 0 Å². The molecule has 0 aliphatic heterocycles. The van der Waals surface area contributed by atoms with Gasteiger partial charge in [0.05, 0.1) is 16.8 Å². The molecule has 2 aromatic heterocycles. The molecule has 10 aromatic carbocycles.